The lowest BCUT2D eigenvalue weighted by atomic mass is 10.1. The number of carbonyl (C=O) groups excluding carboxylic acids is 1. The van der Waals surface area contributed by atoms with E-state index in [-0.39, 0.29) is 35.8 Å². The molecule has 26 heavy (non-hydrogen) atoms. The SMILES string of the molecule is CCCCN(C)C(=NC)NCc1cccc(NC(=O)C2CCCC2)c1.I. The second-order valence-electron chi connectivity index (χ2n) is 6.85. The van der Waals surface area contributed by atoms with E-state index < -0.39 is 0 Å². The minimum absolute atomic E-state index is 0. The van der Waals surface area contributed by atoms with Gasteiger partial charge in [0.2, 0.25) is 5.91 Å². The highest BCUT2D eigenvalue weighted by molar-refractivity contribution is 14.0. The fourth-order valence-corrected chi connectivity index (χ4v) is 3.26. The lowest BCUT2D eigenvalue weighted by Gasteiger charge is -2.22. The number of rotatable bonds is 7. The molecule has 0 spiro atoms. The van der Waals surface area contributed by atoms with Crippen molar-refractivity contribution in [2.75, 3.05) is 26.0 Å². The molecule has 0 aliphatic heterocycles. The molecule has 0 aromatic heterocycles. The number of guanidine groups is 1. The van der Waals surface area contributed by atoms with E-state index in [9.17, 15) is 4.79 Å². The standard InChI is InChI=1S/C20H32N4O.HI/c1-4-5-13-24(3)20(21-2)22-15-16-9-8-12-18(14-16)23-19(25)17-10-6-7-11-17;/h8-9,12,14,17H,4-7,10-11,13,15H2,1-3H3,(H,21,22)(H,23,25);1H. The minimum atomic E-state index is 0. The maximum absolute atomic E-state index is 12.3. The number of hydrogen-bond acceptors (Lipinski definition) is 2. The zero-order chi connectivity index (χ0) is 18.1. The summed E-state index contributed by atoms with van der Waals surface area (Å²) in [4.78, 5) is 18.8. The number of nitrogens with one attached hydrogen (secondary N) is 2. The average Bonchev–Trinajstić information content (AvgIpc) is 3.15. The minimum Gasteiger partial charge on any atom is -0.352 e. The zero-order valence-corrected chi connectivity index (χ0v) is 18.6. The topological polar surface area (TPSA) is 56.7 Å². The fourth-order valence-electron chi connectivity index (χ4n) is 3.26. The molecule has 1 aliphatic rings. The molecule has 1 aliphatic carbocycles. The van der Waals surface area contributed by atoms with Gasteiger partial charge in [-0.05, 0) is 37.0 Å². The first kappa shape index (κ1) is 22.7. The summed E-state index contributed by atoms with van der Waals surface area (Å²) in [6.07, 6.45) is 6.71. The van der Waals surface area contributed by atoms with Crippen LogP contribution in [-0.4, -0.2) is 37.4 Å². The number of aliphatic imine (C=N–C) groups is 1. The van der Waals surface area contributed by atoms with Crippen LogP contribution in [0.3, 0.4) is 0 Å². The summed E-state index contributed by atoms with van der Waals surface area (Å²) >= 11 is 0. The highest BCUT2D eigenvalue weighted by Crippen LogP contribution is 2.26. The molecule has 0 radical (unpaired) electrons. The van der Waals surface area contributed by atoms with Gasteiger partial charge in [0.05, 0.1) is 0 Å². The Morgan fingerprint density at radius 3 is 2.69 bits per heavy atom. The Kier molecular flexibility index (Phi) is 10.6. The Morgan fingerprint density at radius 1 is 1.31 bits per heavy atom. The molecule has 1 amide bonds. The molecule has 1 aromatic carbocycles. The van der Waals surface area contributed by atoms with Crippen LogP contribution in [0.1, 0.15) is 51.0 Å². The van der Waals surface area contributed by atoms with E-state index in [1.807, 2.05) is 25.2 Å². The van der Waals surface area contributed by atoms with Crippen LogP contribution in [0.4, 0.5) is 5.69 Å². The van der Waals surface area contributed by atoms with Crippen LogP contribution >= 0.6 is 24.0 Å². The Balaban J connectivity index is 0.00000338. The van der Waals surface area contributed by atoms with Gasteiger partial charge in [-0.25, -0.2) is 0 Å². The largest absolute Gasteiger partial charge is 0.352 e. The Bertz CT molecular complexity index is 585. The van der Waals surface area contributed by atoms with Crippen LogP contribution in [0.25, 0.3) is 0 Å². The molecule has 0 atom stereocenters. The van der Waals surface area contributed by atoms with E-state index in [0.29, 0.717) is 6.54 Å². The van der Waals surface area contributed by atoms with E-state index in [2.05, 4.69) is 40.6 Å². The molecule has 146 valence electrons. The second kappa shape index (κ2) is 12.1. The van der Waals surface area contributed by atoms with Crippen LogP contribution in [0, 0.1) is 5.92 Å². The summed E-state index contributed by atoms with van der Waals surface area (Å²) in [5.41, 5.74) is 2.01. The quantitative estimate of drug-likeness (QED) is 0.355. The normalized spacial score (nSPS) is 14.7. The van der Waals surface area contributed by atoms with Crippen molar-refractivity contribution in [1.29, 1.82) is 0 Å². The van der Waals surface area contributed by atoms with E-state index in [0.717, 1.165) is 43.0 Å². The molecule has 0 saturated heterocycles. The summed E-state index contributed by atoms with van der Waals surface area (Å²) < 4.78 is 0. The maximum Gasteiger partial charge on any atom is 0.227 e. The van der Waals surface area contributed by atoms with Crippen molar-refractivity contribution in [3.8, 4) is 0 Å². The van der Waals surface area contributed by atoms with Gasteiger partial charge in [0.1, 0.15) is 0 Å². The van der Waals surface area contributed by atoms with Gasteiger partial charge < -0.3 is 15.5 Å². The molecule has 0 bridgehead atoms. The van der Waals surface area contributed by atoms with Crippen molar-refractivity contribution < 1.29 is 4.79 Å². The summed E-state index contributed by atoms with van der Waals surface area (Å²) in [5.74, 6) is 1.25. The summed E-state index contributed by atoms with van der Waals surface area (Å²) in [6, 6.07) is 8.06. The van der Waals surface area contributed by atoms with Gasteiger partial charge in [0.15, 0.2) is 5.96 Å². The van der Waals surface area contributed by atoms with Crippen LogP contribution < -0.4 is 10.6 Å². The van der Waals surface area contributed by atoms with E-state index >= 15 is 0 Å². The van der Waals surface area contributed by atoms with Gasteiger partial charge in [0.25, 0.3) is 0 Å². The molecule has 6 heteroatoms. The molecular weight excluding hydrogens is 439 g/mol. The van der Waals surface area contributed by atoms with Gasteiger partial charge in [-0.1, -0.05) is 38.3 Å². The molecule has 0 unspecified atom stereocenters. The van der Waals surface area contributed by atoms with Crippen LogP contribution in [-0.2, 0) is 11.3 Å². The van der Waals surface area contributed by atoms with Crippen molar-refractivity contribution in [3.63, 3.8) is 0 Å². The van der Waals surface area contributed by atoms with Gasteiger partial charge in [-0.3, -0.25) is 9.79 Å². The van der Waals surface area contributed by atoms with Crippen molar-refractivity contribution >= 4 is 41.5 Å². The molecule has 1 fully saturated rings. The van der Waals surface area contributed by atoms with E-state index in [1.54, 1.807) is 0 Å². The Morgan fingerprint density at radius 2 is 2.04 bits per heavy atom. The first-order chi connectivity index (χ1) is 12.1. The van der Waals surface area contributed by atoms with Crippen LogP contribution in [0.2, 0.25) is 0 Å². The van der Waals surface area contributed by atoms with Crippen LogP contribution in [0.15, 0.2) is 29.3 Å². The molecular formula is C20H33IN4O. The summed E-state index contributed by atoms with van der Waals surface area (Å²) in [5, 5.41) is 6.46. The molecule has 1 saturated carbocycles. The van der Waals surface area contributed by atoms with Crippen molar-refractivity contribution in [2.45, 2.75) is 52.0 Å². The Hall–Kier alpha value is -1.31. The van der Waals surface area contributed by atoms with Gasteiger partial charge in [-0.2, -0.15) is 0 Å². The highest BCUT2D eigenvalue weighted by Gasteiger charge is 2.22. The number of carbonyl (C=O) groups is 1. The molecule has 1 aromatic rings. The number of halogens is 1. The third-order valence-corrected chi connectivity index (χ3v) is 4.79. The maximum atomic E-state index is 12.3. The molecule has 5 nitrogen and oxygen atoms in total. The summed E-state index contributed by atoms with van der Waals surface area (Å²) in [6.45, 7) is 3.87. The average molecular weight is 472 g/mol. The monoisotopic (exact) mass is 472 g/mol. The molecule has 2 N–H and O–H groups in total. The predicted octanol–water partition coefficient (Wildman–Crippen LogP) is 4.24. The zero-order valence-electron chi connectivity index (χ0n) is 16.3. The first-order valence-corrected chi connectivity index (χ1v) is 9.45. The first-order valence-electron chi connectivity index (χ1n) is 9.45. The van der Waals surface area contributed by atoms with Gasteiger partial charge >= 0.3 is 0 Å². The number of nitrogens with zero attached hydrogens (tertiary/aromatic N) is 2. The third kappa shape index (κ3) is 7.13. The number of unbranched alkanes of at least 4 members (excludes halogenated alkanes) is 1. The van der Waals surface area contributed by atoms with Crippen molar-refractivity contribution in [3.05, 3.63) is 29.8 Å². The fraction of sp³-hybridized carbons (Fsp3) is 0.600. The van der Waals surface area contributed by atoms with E-state index in [4.69, 9.17) is 0 Å². The predicted molar refractivity (Wildman–Crippen MR) is 120 cm³/mol. The molecule has 2 rings (SSSR count). The van der Waals surface area contributed by atoms with Gasteiger partial charge in [-0.15, -0.1) is 24.0 Å². The lowest BCUT2D eigenvalue weighted by molar-refractivity contribution is -0.119. The number of hydrogen-bond donors (Lipinski definition) is 2. The Labute approximate surface area is 175 Å². The summed E-state index contributed by atoms with van der Waals surface area (Å²) in [7, 11) is 3.87. The van der Waals surface area contributed by atoms with Crippen LogP contribution in [0.5, 0.6) is 0 Å². The number of amides is 1. The second-order valence-corrected chi connectivity index (χ2v) is 6.85. The van der Waals surface area contributed by atoms with Gasteiger partial charge in [0, 0.05) is 38.8 Å². The van der Waals surface area contributed by atoms with Crippen molar-refractivity contribution in [2.24, 2.45) is 10.9 Å². The van der Waals surface area contributed by atoms with Crippen molar-refractivity contribution in [1.82, 2.24) is 10.2 Å². The number of anilines is 1. The highest BCUT2D eigenvalue weighted by atomic mass is 127. The lowest BCUT2D eigenvalue weighted by Crippen LogP contribution is -2.38. The number of benzene rings is 1. The van der Waals surface area contributed by atoms with E-state index in [1.165, 1.54) is 19.3 Å². The molecule has 0 heterocycles. The smallest absolute Gasteiger partial charge is 0.227 e. The third-order valence-electron chi connectivity index (χ3n) is 4.79.